The minimum atomic E-state index is -4.39. The Bertz CT molecular complexity index is 192. The zero-order valence-corrected chi connectivity index (χ0v) is 12.1. The van der Waals surface area contributed by atoms with Gasteiger partial charge in [0.2, 0.25) is 0 Å². The quantitative estimate of drug-likeness (QED) is 0.572. The predicted octanol–water partition coefficient (Wildman–Crippen LogP) is 2.92. The van der Waals surface area contributed by atoms with E-state index in [2.05, 4.69) is 18.6 Å². The first kappa shape index (κ1) is 18.8. The van der Waals surface area contributed by atoms with Crippen molar-refractivity contribution in [2.75, 3.05) is 20.7 Å². The van der Waals surface area contributed by atoms with Gasteiger partial charge in [0.05, 0.1) is 6.61 Å². The summed E-state index contributed by atoms with van der Waals surface area (Å²) in [6.07, 6.45) is 3.65. The molecule has 0 amide bonds. The molecule has 8 heteroatoms. The Balaban J connectivity index is 0. The topological polar surface area (TPSA) is 59.0 Å². The van der Waals surface area contributed by atoms with Crippen LogP contribution in [0.25, 0.3) is 0 Å². The fourth-order valence-electron chi connectivity index (χ4n) is 0.729. The average Bonchev–Trinajstić information content (AvgIpc) is 2.17. The van der Waals surface area contributed by atoms with Gasteiger partial charge in [0.25, 0.3) is 0 Å². The van der Waals surface area contributed by atoms with E-state index >= 15 is 0 Å². The number of nitrogens with zero attached hydrogens (tertiary/aromatic N) is 1. The van der Waals surface area contributed by atoms with Crippen LogP contribution in [-0.2, 0) is 13.8 Å². The molecule has 0 heterocycles. The second kappa shape index (κ2) is 11.9. The van der Waals surface area contributed by atoms with E-state index in [4.69, 9.17) is 4.89 Å². The first-order chi connectivity index (χ1) is 7.35. The monoisotopic (exact) mass is 277 g/mol. The molecule has 5 nitrogen and oxygen atoms in total. The molecule has 0 fully saturated rings. The predicted molar refractivity (Wildman–Crippen MR) is 65.5 cm³/mol. The van der Waals surface area contributed by atoms with Crippen LogP contribution in [0.1, 0.15) is 32.6 Å². The summed E-state index contributed by atoms with van der Waals surface area (Å²) >= 11 is 0. The van der Waals surface area contributed by atoms with Gasteiger partial charge < -0.3 is 4.89 Å². The fraction of sp³-hybridized carbons (Fsp3) is 1.00. The molecule has 0 bridgehead atoms. The molecule has 0 aliphatic heterocycles. The molecule has 0 radical (unpaired) electrons. The van der Waals surface area contributed by atoms with E-state index in [-0.39, 0.29) is 6.61 Å². The molecule has 2 atom stereocenters. The highest BCUT2D eigenvalue weighted by Crippen LogP contribution is 2.43. The van der Waals surface area contributed by atoms with Gasteiger partial charge in [-0.15, -0.1) is 0 Å². The molecule has 0 saturated carbocycles. The highest BCUT2D eigenvalue weighted by molar-refractivity contribution is 7.47. The zero-order valence-electron chi connectivity index (χ0n) is 10.1. The summed E-state index contributed by atoms with van der Waals surface area (Å²) in [6.45, 7) is 2.10. The summed E-state index contributed by atoms with van der Waals surface area (Å²) in [5.41, 5.74) is 0. The largest absolute Gasteiger partial charge is 0.503 e. The minimum Gasteiger partial charge on any atom is -0.301 e. The van der Waals surface area contributed by atoms with E-state index in [0.717, 1.165) is 19.3 Å². The van der Waals surface area contributed by atoms with Gasteiger partial charge in [0.1, 0.15) is 0 Å². The first-order valence-electron chi connectivity index (χ1n) is 5.05. The van der Waals surface area contributed by atoms with Crippen LogP contribution >= 0.6 is 17.2 Å². The summed E-state index contributed by atoms with van der Waals surface area (Å²) in [5, 5.41) is 0. The molecular weight excluding hydrogens is 255 g/mol. The fourth-order valence-corrected chi connectivity index (χ4v) is 1.13. The molecule has 0 aromatic carbocycles. The lowest BCUT2D eigenvalue weighted by Crippen LogP contribution is -1.92. The molecule has 0 aromatic heterocycles. The third-order valence-electron chi connectivity index (χ3n) is 1.34. The van der Waals surface area contributed by atoms with Crippen molar-refractivity contribution in [3.8, 4) is 0 Å². The molecule has 0 aromatic rings. The molecule has 0 saturated heterocycles. The number of halogens is 1. The first-order valence-corrected chi connectivity index (χ1v) is 7.06. The molecule has 0 aliphatic carbocycles. The number of phosphoric ester groups is 1. The van der Waals surface area contributed by atoms with Crippen molar-refractivity contribution in [1.29, 1.82) is 0 Å². The summed E-state index contributed by atoms with van der Waals surface area (Å²) < 4.78 is 30.4. The maximum Gasteiger partial charge on any atom is 0.503 e. The van der Waals surface area contributed by atoms with Crippen LogP contribution < -0.4 is 0 Å². The van der Waals surface area contributed by atoms with Crippen LogP contribution in [0.3, 0.4) is 0 Å². The minimum absolute atomic E-state index is 0.0533. The summed E-state index contributed by atoms with van der Waals surface area (Å²) in [6, 6.07) is 0. The van der Waals surface area contributed by atoms with Crippen molar-refractivity contribution in [3.05, 3.63) is 0 Å². The third kappa shape index (κ3) is 19.9. The van der Waals surface area contributed by atoms with Gasteiger partial charge >= 0.3 is 7.82 Å². The lowest BCUT2D eigenvalue weighted by Gasteiger charge is -2.05. The van der Waals surface area contributed by atoms with Gasteiger partial charge in [-0.1, -0.05) is 40.3 Å². The van der Waals surface area contributed by atoms with Crippen molar-refractivity contribution in [2.24, 2.45) is 0 Å². The van der Waals surface area contributed by atoms with Gasteiger partial charge in [0, 0.05) is 0 Å². The Labute approximate surface area is 99.1 Å². The summed E-state index contributed by atoms with van der Waals surface area (Å²) in [7, 11) is 2.03. The standard InChI is InChI=1S/C6H14FO4P.C2H8NP/c1-2-3-4-5-6-10-12(8,9)11-7;1-3(2)4/h2-6H2,1H3,(H,8,9);4H2,1-2H3. The highest BCUT2D eigenvalue weighted by atomic mass is 31.2. The number of rotatable bonds is 7. The molecule has 0 spiro atoms. The van der Waals surface area contributed by atoms with Crippen LogP contribution in [0.4, 0.5) is 4.53 Å². The number of hydrogen-bond acceptors (Lipinski definition) is 4. The SMILES string of the molecule is CCCCCCOP(=O)(O)OF.CN(C)P. The molecule has 1 N–H and O–H groups in total. The van der Waals surface area contributed by atoms with Gasteiger partial charge in [0.15, 0.2) is 0 Å². The molecular formula is C8H22FNO4P2. The van der Waals surface area contributed by atoms with Crippen LogP contribution in [0.2, 0.25) is 0 Å². The van der Waals surface area contributed by atoms with Crippen LogP contribution in [0.15, 0.2) is 0 Å². The van der Waals surface area contributed by atoms with E-state index in [1.807, 2.05) is 25.7 Å². The molecule has 0 aliphatic rings. The van der Waals surface area contributed by atoms with Crippen molar-refractivity contribution < 1.29 is 23.2 Å². The molecule has 100 valence electrons. The zero-order chi connectivity index (χ0) is 13.0. The van der Waals surface area contributed by atoms with Crippen molar-refractivity contribution in [3.63, 3.8) is 0 Å². The van der Waals surface area contributed by atoms with Crippen molar-refractivity contribution >= 4 is 17.2 Å². The Hall–Kier alpha value is 0.430. The molecule has 2 unspecified atom stereocenters. The Morgan fingerprint density at radius 2 is 1.88 bits per heavy atom. The molecule has 0 rings (SSSR count). The van der Waals surface area contributed by atoms with Crippen molar-refractivity contribution in [1.82, 2.24) is 4.67 Å². The highest BCUT2D eigenvalue weighted by Gasteiger charge is 2.20. The van der Waals surface area contributed by atoms with Gasteiger partial charge in [-0.25, -0.2) is 4.57 Å². The van der Waals surface area contributed by atoms with Crippen LogP contribution in [-0.4, -0.2) is 30.3 Å². The maximum absolute atomic E-state index is 11.2. The van der Waals surface area contributed by atoms with E-state index in [1.165, 1.54) is 0 Å². The van der Waals surface area contributed by atoms with Gasteiger partial charge in [-0.2, -0.15) is 0 Å². The van der Waals surface area contributed by atoms with E-state index in [9.17, 15) is 9.09 Å². The Morgan fingerprint density at radius 1 is 1.38 bits per heavy atom. The van der Waals surface area contributed by atoms with Crippen LogP contribution in [0.5, 0.6) is 0 Å². The average molecular weight is 277 g/mol. The van der Waals surface area contributed by atoms with E-state index in [1.54, 1.807) is 0 Å². The number of phosphoric acid groups is 1. The Morgan fingerprint density at radius 3 is 2.25 bits per heavy atom. The second-order valence-electron chi connectivity index (χ2n) is 3.40. The normalized spacial score (nSPS) is 14.2. The van der Waals surface area contributed by atoms with Gasteiger partial charge in [-0.3, -0.25) is 9.19 Å². The molecule has 16 heavy (non-hydrogen) atoms. The van der Waals surface area contributed by atoms with Crippen molar-refractivity contribution in [2.45, 2.75) is 32.6 Å². The van der Waals surface area contributed by atoms with Gasteiger partial charge in [-0.05, 0) is 25.0 Å². The lowest BCUT2D eigenvalue weighted by atomic mass is 10.2. The van der Waals surface area contributed by atoms with Crippen LogP contribution in [0, 0.1) is 0 Å². The summed E-state index contributed by atoms with van der Waals surface area (Å²) in [4.78, 5) is 8.42. The third-order valence-corrected chi connectivity index (χ3v) is 2.02. The Kier molecular flexibility index (Phi) is 14.0. The number of hydrogen-bond donors (Lipinski definition) is 1. The van der Waals surface area contributed by atoms with E-state index in [0.29, 0.717) is 6.42 Å². The number of unbranched alkanes of at least 4 members (excludes halogenated alkanes) is 3. The van der Waals surface area contributed by atoms with E-state index < -0.39 is 7.82 Å². The maximum atomic E-state index is 11.2. The second-order valence-corrected chi connectivity index (χ2v) is 5.76. The smallest absolute Gasteiger partial charge is 0.301 e. The summed E-state index contributed by atoms with van der Waals surface area (Å²) in [5.74, 6) is 0. The lowest BCUT2D eigenvalue weighted by molar-refractivity contribution is -0.0480.